The van der Waals surface area contributed by atoms with E-state index in [4.69, 9.17) is 0 Å². The van der Waals surface area contributed by atoms with E-state index in [2.05, 4.69) is 11.9 Å². The maximum atomic E-state index is 12.8. The third-order valence-corrected chi connectivity index (χ3v) is 5.50. The number of aromatic nitrogens is 2. The first-order valence-corrected chi connectivity index (χ1v) is 9.57. The van der Waals surface area contributed by atoms with Crippen LogP contribution in [0.4, 0.5) is 0 Å². The van der Waals surface area contributed by atoms with Crippen LogP contribution in [0.5, 0.6) is 0 Å². The minimum absolute atomic E-state index is 0.0744. The average Bonchev–Trinajstić information content (AvgIpc) is 3.11. The van der Waals surface area contributed by atoms with Crippen molar-refractivity contribution in [2.75, 3.05) is 13.1 Å². The molecule has 1 aromatic carbocycles. The highest BCUT2D eigenvalue weighted by atomic mass is 16.3. The van der Waals surface area contributed by atoms with Crippen molar-refractivity contribution in [3.05, 3.63) is 59.9 Å². The predicted molar refractivity (Wildman–Crippen MR) is 106 cm³/mol. The summed E-state index contributed by atoms with van der Waals surface area (Å²) in [4.78, 5) is 19.3. The molecule has 0 aliphatic carbocycles. The normalized spacial score (nSPS) is 16.6. The molecule has 27 heavy (non-hydrogen) atoms. The fraction of sp³-hybridized carbons (Fsp3) is 0.364. The van der Waals surface area contributed by atoms with Crippen molar-refractivity contribution in [2.45, 2.75) is 32.8 Å². The van der Waals surface area contributed by atoms with Crippen LogP contribution >= 0.6 is 0 Å². The second-order valence-electron chi connectivity index (χ2n) is 7.56. The van der Waals surface area contributed by atoms with E-state index in [1.165, 1.54) is 0 Å². The van der Waals surface area contributed by atoms with Gasteiger partial charge in [0.2, 0.25) is 0 Å². The molecule has 1 aliphatic rings. The molecule has 1 saturated heterocycles. The van der Waals surface area contributed by atoms with Gasteiger partial charge < -0.3 is 14.6 Å². The van der Waals surface area contributed by atoms with Crippen LogP contribution < -0.4 is 0 Å². The molecule has 0 saturated carbocycles. The highest BCUT2D eigenvalue weighted by Gasteiger charge is 2.22. The number of aliphatic hydroxyl groups is 1. The van der Waals surface area contributed by atoms with Gasteiger partial charge in [0.15, 0.2) is 0 Å². The van der Waals surface area contributed by atoms with Gasteiger partial charge in [-0.2, -0.15) is 0 Å². The Hall–Kier alpha value is -2.66. The van der Waals surface area contributed by atoms with E-state index in [-0.39, 0.29) is 5.91 Å². The number of carbonyl (C=O) groups excluding carboxylic acids is 1. The van der Waals surface area contributed by atoms with Gasteiger partial charge in [-0.1, -0.05) is 19.1 Å². The minimum atomic E-state index is -0.482. The molecule has 0 bridgehead atoms. The number of rotatable bonds is 3. The topological polar surface area (TPSA) is 58.4 Å². The Bertz CT molecular complexity index is 951. The van der Waals surface area contributed by atoms with Crippen molar-refractivity contribution in [3.8, 4) is 5.69 Å². The summed E-state index contributed by atoms with van der Waals surface area (Å²) in [7, 11) is 0. The van der Waals surface area contributed by atoms with Gasteiger partial charge in [-0.05, 0) is 55.5 Å². The molecular weight excluding hydrogens is 338 g/mol. The van der Waals surface area contributed by atoms with Crippen LogP contribution in [0.15, 0.2) is 48.8 Å². The molecule has 1 unspecified atom stereocenters. The number of amides is 1. The zero-order chi connectivity index (χ0) is 19.0. The van der Waals surface area contributed by atoms with Gasteiger partial charge >= 0.3 is 0 Å². The second kappa shape index (κ2) is 7.16. The smallest absolute Gasteiger partial charge is 0.255 e. The highest BCUT2D eigenvalue weighted by Crippen LogP contribution is 2.23. The lowest BCUT2D eigenvalue weighted by Crippen LogP contribution is -2.37. The third kappa shape index (κ3) is 3.47. The van der Waals surface area contributed by atoms with E-state index >= 15 is 0 Å². The van der Waals surface area contributed by atoms with Gasteiger partial charge in [-0.25, -0.2) is 4.98 Å². The molecule has 3 aromatic rings. The van der Waals surface area contributed by atoms with Crippen molar-refractivity contribution in [2.24, 2.45) is 5.92 Å². The summed E-state index contributed by atoms with van der Waals surface area (Å²) < 4.78 is 2.00. The van der Waals surface area contributed by atoms with E-state index in [9.17, 15) is 9.90 Å². The summed E-state index contributed by atoms with van der Waals surface area (Å²) >= 11 is 0. The summed E-state index contributed by atoms with van der Waals surface area (Å²) in [5.74, 6) is 0.772. The monoisotopic (exact) mass is 363 g/mol. The molecule has 1 fully saturated rings. The Labute approximate surface area is 159 Å². The number of nitrogens with zero attached hydrogens (tertiary/aromatic N) is 3. The van der Waals surface area contributed by atoms with Crippen LogP contribution in [0.25, 0.3) is 16.7 Å². The van der Waals surface area contributed by atoms with Crippen molar-refractivity contribution in [1.29, 1.82) is 0 Å². The van der Waals surface area contributed by atoms with Gasteiger partial charge in [-0.3, -0.25) is 4.79 Å². The molecule has 4 rings (SSSR count). The maximum Gasteiger partial charge on any atom is 0.255 e. The molecule has 1 atom stereocenters. The second-order valence-corrected chi connectivity index (χ2v) is 7.56. The van der Waals surface area contributed by atoms with Crippen molar-refractivity contribution in [3.63, 3.8) is 0 Å². The van der Waals surface area contributed by atoms with E-state index in [1.807, 2.05) is 52.1 Å². The lowest BCUT2D eigenvalue weighted by molar-refractivity contribution is 0.0697. The van der Waals surface area contributed by atoms with E-state index in [0.717, 1.165) is 48.2 Å². The van der Waals surface area contributed by atoms with Crippen LogP contribution in [0.3, 0.4) is 0 Å². The number of piperidine rings is 1. The van der Waals surface area contributed by atoms with Gasteiger partial charge in [-0.15, -0.1) is 0 Å². The Morgan fingerprint density at radius 2 is 1.89 bits per heavy atom. The van der Waals surface area contributed by atoms with Gasteiger partial charge in [0.25, 0.3) is 5.91 Å². The summed E-state index contributed by atoms with van der Waals surface area (Å²) in [6.45, 7) is 5.65. The van der Waals surface area contributed by atoms with Crippen LogP contribution in [0.2, 0.25) is 0 Å². The maximum absolute atomic E-state index is 12.8. The van der Waals surface area contributed by atoms with Crippen molar-refractivity contribution < 1.29 is 9.90 Å². The van der Waals surface area contributed by atoms with Gasteiger partial charge in [0.1, 0.15) is 5.65 Å². The number of pyridine rings is 1. The molecule has 0 radical (unpaired) electrons. The molecule has 1 N–H and O–H groups in total. The number of likely N-dealkylation sites (tertiary alicyclic amines) is 1. The fourth-order valence-electron chi connectivity index (χ4n) is 3.66. The zero-order valence-electron chi connectivity index (χ0n) is 15.8. The first-order chi connectivity index (χ1) is 13.0. The SMILES string of the molecule is CC1CCN(C(=O)c2cnc3c(ccn3-c3ccc(C(C)O)cc3)c2)CC1. The largest absolute Gasteiger partial charge is 0.389 e. The Balaban J connectivity index is 1.60. The molecule has 3 heterocycles. The van der Waals surface area contributed by atoms with Crippen LogP contribution in [-0.4, -0.2) is 38.6 Å². The third-order valence-electron chi connectivity index (χ3n) is 5.50. The van der Waals surface area contributed by atoms with E-state index in [0.29, 0.717) is 11.5 Å². The standard InChI is InChI=1S/C22H25N3O2/c1-15-7-10-24(11-8-15)22(27)19-13-18-9-12-25(21(18)23-14-19)20-5-3-17(4-6-20)16(2)26/h3-6,9,12-16,26H,7-8,10-11H2,1-2H3. The van der Waals surface area contributed by atoms with Crippen LogP contribution in [-0.2, 0) is 0 Å². The van der Waals surface area contributed by atoms with E-state index < -0.39 is 6.10 Å². The number of hydrogen-bond donors (Lipinski definition) is 1. The Kier molecular flexibility index (Phi) is 4.70. The molecular formula is C22H25N3O2. The average molecular weight is 363 g/mol. The summed E-state index contributed by atoms with van der Waals surface area (Å²) in [5.41, 5.74) is 3.33. The lowest BCUT2D eigenvalue weighted by atomic mass is 9.99. The first-order valence-electron chi connectivity index (χ1n) is 9.57. The van der Waals surface area contributed by atoms with Crippen molar-refractivity contribution >= 4 is 16.9 Å². The van der Waals surface area contributed by atoms with E-state index in [1.54, 1.807) is 13.1 Å². The Morgan fingerprint density at radius 1 is 1.19 bits per heavy atom. The quantitative estimate of drug-likeness (QED) is 0.766. The first kappa shape index (κ1) is 17.7. The number of carbonyl (C=O) groups is 1. The summed E-state index contributed by atoms with van der Waals surface area (Å²) in [6.07, 6.45) is 5.31. The zero-order valence-corrected chi connectivity index (χ0v) is 15.8. The minimum Gasteiger partial charge on any atom is -0.389 e. The molecule has 140 valence electrons. The highest BCUT2D eigenvalue weighted by molar-refractivity contribution is 5.97. The molecule has 5 nitrogen and oxygen atoms in total. The number of aliphatic hydroxyl groups excluding tert-OH is 1. The van der Waals surface area contributed by atoms with Crippen molar-refractivity contribution in [1.82, 2.24) is 14.5 Å². The summed E-state index contributed by atoms with van der Waals surface area (Å²) in [5, 5.41) is 10.6. The number of benzene rings is 1. The van der Waals surface area contributed by atoms with Gasteiger partial charge in [0.05, 0.1) is 11.7 Å². The summed E-state index contributed by atoms with van der Waals surface area (Å²) in [6, 6.07) is 11.7. The predicted octanol–water partition coefficient (Wildman–Crippen LogP) is 3.95. The Morgan fingerprint density at radius 3 is 2.56 bits per heavy atom. The fourth-order valence-corrected chi connectivity index (χ4v) is 3.66. The van der Waals surface area contributed by atoms with Gasteiger partial charge in [0, 0.05) is 36.6 Å². The number of hydrogen-bond acceptors (Lipinski definition) is 3. The van der Waals surface area contributed by atoms with Crippen LogP contribution in [0, 0.1) is 5.92 Å². The lowest BCUT2D eigenvalue weighted by Gasteiger charge is -2.30. The molecule has 1 aliphatic heterocycles. The molecule has 5 heteroatoms. The number of fused-ring (bicyclic) bond motifs is 1. The molecule has 0 spiro atoms. The molecule has 1 amide bonds. The molecule has 2 aromatic heterocycles. The van der Waals surface area contributed by atoms with Crippen LogP contribution in [0.1, 0.15) is 48.7 Å².